The Morgan fingerprint density at radius 2 is 2.05 bits per heavy atom. The molecule has 0 aliphatic heterocycles. The third-order valence-corrected chi connectivity index (χ3v) is 3.60. The third kappa shape index (κ3) is 4.93. The van der Waals surface area contributed by atoms with E-state index in [1.54, 1.807) is 6.26 Å². The lowest BCUT2D eigenvalue weighted by atomic mass is 10.1. The number of benzene rings is 1. The van der Waals surface area contributed by atoms with Gasteiger partial charge in [0, 0.05) is 53.1 Å². The van der Waals surface area contributed by atoms with Crippen molar-refractivity contribution < 1.29 is 17.9 Å². The molecule has 8 heteroatoms. The quantitative estimate of drug-likeness (QED) is 0.618. The van der Waals surface area contributed by atoms with Gasteiger partial charge in [0.25, 0.3) is 0 Å². The number of nitrogens with one attached hydrogen (secondary N) is 1. The molecule has 0 radical (unpaired) electrons. The minimum Gasteiger partial charge on any atom is -0.310 e. The molecule has 0 amide bonds. The molecular formula is C12H16F2N2O3S. The van der Waals surface area contributed by atoms with E-state index in [0.29, 0.717) is 18.2 Å². The molecule has 0 aromatic heterocycles. The summed E-state index contributed by atoms with van der Waals surface area (Å²) in [6, 6.07) is 1.38. The van der Waals surface area contributed by atoms with Gasteiger partial charge in [0.1, 0.15) is 5.82 Å². The van der Waals surface area contributed by atoms with Gasteiger partial charge in [-0.3, -0.25) is 14.3 Å². The zero-order valence-corrected chi connectivity index (χ0v) is 12.0. The summed E-state index contributed by atoms with van der Waals surface area (Å²) in [5.41, 5.74) is -0.715. The van der Waals surface area contributed by atoms with Crippen LogP contribution < -0.4 is 5.32 Å². The summed E-state index contributed by atoms with van der Waals surface area (Å²) in [5, 5.41) is 13.6. The van der Waals surface area contributed by atoms with Crippen molar-refractivity contribution in [2.75, 3.05) is 12.0 Å². The minimum absolute atomic E-state index is 0.0255. The van der Waals surface area contributed by atoms with Crippen LogP contribution in [0.1, 0.15) is 18.9 Å². The molecule has 0 bridgehead atoms. The maximum absolute atomic E-state index is 13.5. The lowest BCUT2D eigenvalue weighted by molar-refractivity contribution is -0.387. The standard InChI is InChI=1S/C12H16F2N2O3S/c1-8(3-4-20(2)19)15-7-9-5-12(16(17)18)11(14)6-10(9)13/h5-6,8,15H,3-4,7H2,1-2H3. The van der Waals surface area contributed by atoms with Gasteiger partial charge < -0.3 is 5.32 Å². The fourth-order valence-corrected chi connectivity index (χ4v) is 2.27. The van der Waals surface area contributed by atoms with Crippen molar-refractivity contribution in [2.45, 2.75) is 25.9 Å². The van der Waals surface area contributed by atoms with Gasteiger partial charge >= 0.3 is 5.69 Å². The van der Waals surface area contributed by atoms with Crippen LogP contribution in [0.2, 0.25) is 0 Å². The molecule has 1 rings (SSSR count). The number of hydrogen-bond acceptors (Lipinski definition) is 4. The van der Waals surface area contributed by atoms with E-state index in [1.807, 2.05) is 6.92 Å². The molecule has 1 aromatic rings. The van der Waals surface area contributed by atoms with E-state index in [0.717, 1.165) is 6.07 Å². The van der Waals surface area contributed by atoms with Crippen LogP contribution in [0.4, 0.5) is 14.5 Å². The average Bonchev–Trinajstić information content (AvgIpc) is 2.34. The topological polar surface area (TPSA) is 72.2 Å². The Hall–Kier alpha value is -1.41. The first kappa shape index (κ1) is 16.6. The SMILES string of the molecule is CC(CCS(C)=O)NCc1cc([N+](=O)[O-])c(F)cc1F. The normalized spacial score (nSPS) is 14.0. The van der Waals surface area contributed by atoms with Crippen LogP contribution >= 0.6 is 0 Å². The zero-order chi connectivity index (χ0) is 15.3. The summed E-state index contributed by atoms with van der Waals surface area (Å²) in [5.74, 6) is -1.50. The molecule has 1 N–H and O–H groups in total. The van der Waals surface area contributed by atoms with Crippen molar-refractivity contribution in [1.29, 1.82) is 0 Å². The van der Waals surface area contributed by atoms with E-state index in [1.165, 1.54) is 0 Å². The van der Waals surface area contributed by atoms with Crippen LogP contribution in [0, 0.1) is 21.7 Å². The molecule has 0 aliphatic rings. The van der Waals surface area contributed by atoms with Gasteiger partial charge in [-0.2, -0.15) is 4.39 Å². The fraction of sp³-hybridized carbons (Fsp3) is 0.500. The minimum atomic E-state index is -1.19. The molecule has 5 nitrogen and oxygen atoms in total. The summed E-state index contributed by atoms with van der Waals surface area (Å²) in [4.78, 5) is 9.70. The van der Waals surface area contributed by atoms with E-state index < -0.39 is 33.0 Å². The van der Waals surface area contributed by atoms with Crippen LogP contribution in [0.25, 0.3) is 0 Å². The second-order valence-electron chi connectivity index (χ2n) is 4.50. The molecule has 0 saturated carbocycles. The van der Waals surface area contributed by atoms with Crippen molar-refractivity contribution in [1.82, 2.24) is 5.32 Å². The number of halogens is 2. The maximum Gasteiger partial charge on any atom is 0.305 e. The Labute approximate surface area is 118 Å². The van der Waals surface area contributed by atoms with E-state index in [9.17, 15) is 23.1 Å². The smallest absolute Gasteiger partial charge is 0.305 e. The summed E-state index contributed by atoms with van der Waals surface area (Å²) < 4.78 is 37.6. The predicted octanol–water partition coefficient (Wildman–Crippen LogP) is 2.12. The summed E-state index contributed by atoms with van der Waals surface area (Å²) in [7, 11) is -0.905. The van der Waals surface area contributed by atoms with E-state index in [-0.39, 0.29) is 18.2 Å². The van der Waals surface area contributed by atoms with Gasteiger partial charge in [0.15, 0.2) is 0 Å². The number of nitro groups is 1. The number of nitrogens with zero attached hydrogens (tertiary/aromatic N) is 1. The second-order valence-corrected chi connectivity index (χ2v) is 6.05. The van der Waals surface area contributed by atoms with Crippen LogP contribution in [0.5, 0.6) is 0 Å². The molecule has 20 heavy (non-hydrogen) atoms. The van der Waals surface area contributed by atoms with E-state index >= 15 is 0 Å². The van der Waals surface area contributed by atoms with Crippen molar-refractivity contribution in [3.8, 4) is 0 Å². The molecule has 0 heterocycles. The molecule has 0 fully saturated rings. The molecule has 0 aliphatic carbocycles. The molecular weight excluding hydrogens is 290 g/mol. The monoisotopic (exact) mass is 306 g/mol. The Balaban J connectivity index is 2.70. The van der Waals surface area contributed by atoms with Gasteiger partial charge in [-0.25, -0.2) is 4.39 Å². The fourth-order valence-electron chi connectivity index (χ4n) is 1.59. The predicted molar refractivity (Wildman–Crippen MR) is 72.9 cm³/mol. The highest BCUT2D eigenvalue weighted by molar-refractivity contribution is 7.84. The molecule has 2 atom stereocenters. The second kappa shape index (κ2) is 7.39. The number of hydrogen-bond donors (Lipinski definition) is 1. The molecule has 0 spiro atoms. The van der Waals surface area contributed by atoms with Crippen molar-refractivity contribution >= 4 is 16.5 Å². The van der Waals surface area contributed by atoms with Crippen molar-refractivity contribution in [2.24, 2.45) is 0 Å². The summed E-state index contributed by atoms with van der Waals surface area (Å²) in [6.07, 6.45) is 2.23. The highest BCUT2D eigenvalue weighted by Crippen LogP contribution is 2.21. The van der Waals surface area contributed by atoms with Gasteiger partial charge in [-0.15, -0.1) is 0 Å². The Morgan fingerprint density at radius 1 is 1.40 bits per heavy atom. The summed E-state index contributed by atoms with van der Waals surface area (Å²) >= 11 is 0. The highest BCUT2D eigenvalue weighted by Gasteiger charge is 2.18. The van der Waals surface area contributed by atoms with Gasteiger partial charge in [0.2, 0.25) is 5.82 Å². The van der Waals surface area contributed by atoms with E-state index in [4.69, 9.17) is 0 Å². The molecule has 1 aromatic carbocycles. The highest BCUT2D eigenvalue weighted by atomic mass is 32.2. The largest absolute Gasteiger partial charge is 0.310 e. The summed E-state index contributed by atoms with van der Waals surface area (Å²) in [6.45, 7) is 1.88. The van der Waals surface area contributed by atoms with Crippen LogP contribution in [-0.4, -0.2) is 27.2 Å². The van der Waals surface area contributed by atoms with Gasteiger partial charge in [0.05, 0.1) is 4.92 Å². The lowest BCUT2D eigenvalue weighted by Crippen LogP contribution is -2.27. The Morgan fingerprint density at radius 3 is 2.60 bits per heavy atom. The number of nitro benzene ring substituents is 1. The first-order valence-electron chi connectivity index (χ1n) is 5.97. The van der Waals surface area contributed by atoms with Crippen molar-refractivity contribution in [3.63, 3.8) is 0 Å². The first-order valence-corrected chi connectivity index (χ1v) is 7.69. The van der Waals surface area contributed by atoms with Crippen molar-refractivity contribution in [3.05, 3.63) is 39.4 Å². The van der Waals surface area contributed by atoms with Gasteiger partial charge in [-0.1, -0.05) is 0 Å². The van der Waals surface area contributed by atoms with Gasteiger partial charge in [-0.05, 0) is 13.3 Å². The zero-order valence-electron chi connectivity index (χ0n) is 11.2. The molecule has 2 unspecified atom stereocenters. The lowest BCUT2D eigenvalue weighted by Gasteiger charge is -2.13. The van der Waals surface area contributed by atoms with E-state index in [2.05, 4.69) is 5.32 Å². The average molecular weight is 306 g/mol. The maximum atomic E-state index is 13.5. The molecule has 0 saturated heterocycles. The first-order chi connectivity index (χ1) is 9.31. The van der Waals surface area contributed by atoms with Crippen LogP contribution in [0.15, 0.2) is 12.1 Å². The molecule has 112 valence electrons. The van der Waals surface area contributed by atoms with Crippen LogP contribution in [-0.2, 0) is 17.3 Å². The number of rotatable bonds is 7. The Kier molecular flexibility index (Phi) is 6.15. The third-order valence-electron chi connectivity index (χ3n) is 2.79. The van der Waals surface area contributed by atoms with Crippen LogP contribution in [0.3, 0.4) is 0 Å². The Bertz CT molecular complexity index is 526.